The van der Waals surface area contributed by atoms with E-state index in [9.17, 15) is 0 Å². The molecule has 0 radical (unpaired) electrons. The minimum absolute atomic E-state index is 0.587. The zero-order valence-electron chi connectivity index (χ0n) is 14.7. The van der Waals surface area contributed by atoms with Crippen LogP contribution in [0.1, 0.15) is 11.3 Å². The number of fused-ring (bicyclic) bond motifs is 3. The summed E-state index contributed by atoms with van der Waals surface area (Å²) in [4.78, 5) is 9.25. The van der Waals surface area contributed by atoms with E-state index in [2.05, 4.69) is 32.6 Å². The van der Waals surface area contributed by atoms with Crippen LogP contribution in [0.4, 0.5) is 5.82 Å². The third-order valence-electron chi connectivity index (χ3n) is 4.46. The van der Waals surface area contributed by atoms with E-state index in [1.165, 1.54) is 0 Å². The second kappa shape index (κ2) is 6.21. The molecule has 7 nitrogen and oxygen atoms in total. The zero-order valence-corrected chi connectivity index (χ0v) is 14.7. The number of aryl methyl sites for hydroxylation is 1. The summed E-state index contributed by atoms with van der Waals surface area (Å²) in [7, 11) is 0. The topological polar surface area (TPSA) is 72.9 Å². The maximum absolute atomic E-state index is 4.78. The second-order valence-electron chi connectivity index (χ2n) is 6.32. The summed E-state index contributed by atoms with van der Waals surface area (Å²) in [6, 6.07) is 16.0. The van der Waals surface area contributed by atoms with Crippen molar-refractivity contribution in [2.45, 2.75) is 13.5 Å². The molecule has 4 aromatic heterocycles. The smallest absolute Gasteiger partial charge is 0.158 e. The van der Waals surface area contributed by atoms with Gasteiger partial charge in [0, 0.05) is 42.2 Å². The van der Waals surface area contributed by atoms with Crippen LogP contribution in [0.25, 0.3) is 22.4 Å². The number of benzene rings is 1. The lowest BCUT2D eigenvalue weighted by Gasteiger charge is -2.12. The van der Waals surface area contributed by atoms with E-state index in [-0.39, 0.29) is 0 Å². The monoisotopic (exact) mass is 355 g/mol. The van der Waals surface area contributed by atoms with Crippen molar-refractivity contribution in [1.29, 1.82) is 0 Å². The summed E-state index contributed by atoms with van der Waals surface area (Å²) in [6.45, 7) is 2.56. The Bertz CT molecular complexity index is 1240. The van der Waals surface area contributed by atoms with Crippen LogP contribution >= 0.6 is 0 Å². The van der Waals surface area contributed by atoms with Gasteiger partial charge >= 0.3 is 0 Å². The van der Waals surface area contributed by atoms with Gasteiger partial charge in [0.1, 0.15) is 5.82 Å². The average Bonchev–Trinajstić information content (AvgIpc) is 3.35. The van der Waals surface area contributed by atoms with Crippen molar-refractivity contribution in [2.75, 3.05) is 5.32 Å². The summed E-state index contributed by atoms with van der Waals surface area (Å²) in [5.74, 6) is 1.63. The van der Waals surface area contributed by atoms with Gasteiger partial charge in [0.25, 0.3) is 0 Å². The van der Waals surface area contributed by atoms with Crippen molar-refractivity contribution in [3.63, 3.8) is 0 Å². The number of hydrogen-bond donors (Lipinski definition) is 1. The molecule has 1 aromatic carbocycles. The number of aromatic nitrogens is 6. The lowest BCUT2D eigenvalue weighted by Crippen LogP contribution is -2.09. The molecule has 0 atom stereocenters. The number of pyridine rings is 1. The van der Waals surface area contributed by atoms with Crippen LogP contribution in [-0.4, -0.2) is 29.4 Å². The predicted octanol–water partition coefficient (Wildman–Crippen LogP) is 3.38. The van der Waals surface area contributed by atoms with Gasteiger partial charge in [0.2, 0.25) is 0 Å². The molecule has 0 bridgehead atoms. The van der Waals surface area contributed by atoms with Crippen LogP contribution in [0, 0.1) is 6.92 Å². The summed E-state index contributed by atoms with van der Waals surface area (Å²) < 4.78 is 3.65. The van der Waals surface area contributed by atoms with E-state index < -0.39 is 0 Å². The number of nitrogens with one attached hydrogen (secondary N) is 1. The molecule has 5 aromatic rings. The number of nitrogens with zero attached hydrogens (tertiary/aromatic N) is 6. The van der Waals surface area contributed by atoms with E-state index in [1.807, 2.05) is 54.0 Å². The van der Waals surface area contributed by atoms with Gasteiger partial charge in [-0.2, -0.15) is 10.2 Å². The summed E-state index contributed by atoms with van der Waals surface area (Å²) in [5.41, 5.74) is 3.83. The Hall–Kier alpha value is -3.74. The normalized spacial score (nSPS) is 11.3. The average molecular weight is 355 g/mol. The third-order valence-corrected chi connectivity index (χ3v) is 4.46. The van der Waals surface area contributed by atoms with Crippen LogP contribution in [0.3, 0.4) is 0 Å². The fourth-order valence-electron chi connectivity index (χ4n) is 3.26. The molecule has 0 unspecified atom stereocenters. The molecule has 4 heterocycles. The first kappa shape index (κ1) is 15.5. The number of rotatable bonds is 4. The highest BCUT2D eigenvalue weighted by Crippen LogP contribution is 2.24. The van der Waals surface area contributed by atoms with Crippen molar-refractivity contribution in [1.82, 2.24) is 29.4 Å². The molecule has 0 saturated heterocycles. The predicted molar refractivity (Wildman–Crippen MR) is 104 cm³/mol. The fourth-order valence-corrected chi connectivity index (χ4v) is 3.26. The third kappa shape index (κ3) is 2.69. The molecular formula is C20H17N7. The van der Waals surface area contributed by atoms with Gasteiger partial charge in [-0.3, -0.25) is 0 Å². The SMILES string of the molecule is Cc1cc2nc(NCc3cccnc3-n3cccn3)c3ccccc3n2n1. The maximum Gasteiger partial charge on any atom is 0.158 e. The van der Waals surface area contributed by atoms with E-state index in [0.717, 1.165) is 39.4 Å². The first-order valence-corrected chi connectivity index (χ1v) is 8.72. The van der Waals surface area contributed by atoms with E-state index in [0.29, 0.717) is 6.54 Å². The Balaban J connectivity index is 1.56. The van der Waals surface area contributed by atoms with Crippen LogP contribution < -0.4 is 5.32 Å². The molecule has 0 aliphatic heterocycles. The molecule has 0 fully saturated rings. The molecular weight excluding hydrogens is 338 g/mol. The largest absolute Gasteiger partial charge is 0.365 e. The molecule has 5 rings (SSSR count). The molecule has 0 aliphatic carbocycles. The van der Waals surface area contributed by atoms with E-state index in [1.54, 1.807) is 17.1 Å². The van der Waals surface area contributed by atoms with Gasteiger partial charge < -0.3 is 5.32 Å². The van der Waals surface area contributed by atoms with Crippen molar-refractivity contribution in [3.05, 3.63) is 78.4 Å². The van der Waals surface area contributed by atoms with Gasteiger partial charge in [0.05, 0.1) is 11.2 Å². The Morgan fingerprint density at radius 3 is 2.85 bits per heavy atom. The van der Waals surface area contributed by atoms with Crippen LogP contribution in [-0.2, 0) is 6.54 Å². The van der Waals surface area contributed by atoms with Gasteiger partial charge in [-0.1, -0.05) is 18.2 Å². The van der Waals surface area contributed by atoms with Crippen molar-refractivity contribution in [3.8, 4) is 5.82 Å². The fraction of sp³-hybridized carbons (Fsp3) is 0.100. The quantitative estimate of drug-likeness (QED) is 0.535. The molecule has 0 amide bonds. The molecule has 0 saturated carbocycles. The van der Waals surface area contributed by atoms with Crippen LogP contribution in [0.15, 0.2) is 67.1 Å². The van der Waals surface area contributed by atoms with Crippen LogP contribution in [0.2, 0.25) is 0 Å². The highest BCUT2D eigenvalue weighted by Gasteiger charge is 2.11. The molecule has 132 valence electrons. The Morgan fingerprint density at radius 1 is 1.04 bits per heavy atom. The lowest BCUT2D eigenvalue weighted by molar-refractivity contribution is 0.828. The van der Waals surface area contributed by atoms with Crippen molar-refractivity contribution < 1.29 is 0 Å². The van der Waals surface area contributed by atoms with E-state index in [4.69, 9.17) is 4.98 Å². The van der Waals surface area contributed by atoms with Crippen LogP contribution in [0.5, 0.6) is 0 Å². The van der Waals surface area contributed by atoms with Crippen molar-refractivity contribution >= 4 is 22.4 Å². The Morgan fingerprint density at radius 2 is 1.96 bits per heavy atom. The first-order valence-electron chi connectivity index (χ1n) is 8.72. The number of anilines is 1. The van der Waals surface area contributed by atoms with E-state index >= 15 is 0 Å². The first-order chi connectivity index (χ1) is 13.3. The molecule has 7 heteroatoms. The lowest BCUT2D eigenvalue weighted by atomic mass is 10.2. The van der Waals surface area contributed by atoms with Gasteiger partial charge in [0.15, 0.2) is 11.5 Å². The molecule has 0 aliphatic rings. The minimum Gasteiger partial charge on any atom is -0.365 e. The summed E-state index contributed by atoms with van der Waals surface area (Å²) in [6.07, 6.45) is 5.41. The van der Waals surface area contributed by atoms with Crippen molar-refractivity contribution in [2.24, 2.45) is 0 Å². The highest BCUT2D eigenvalue weighted by atomic mass is 15.3. The molecule has 0 spiro atoms. The minimum atomic E-state index is 0.587. The Labute approximate surface area is 155 Å². The van der Waals surface area contributed by atoms with Gasteiger partial charge in [-0.05, 0) is 31.2 Å². The second-order valence-corrected chi connectivity index (χ2v) is 6.32. The van der Waals surface area contributed by atoms with Gasteiger partial charge in [-0.25, -0.2) is 19.2 Å². The number of hydrogen-bond acceptors (Lipinski definition) is 5. The molecule has 27 heavy (non-hydrogen) atoms. The zero-order chi connectivity index (χ0) is 18.2. The standard InChI is InChI=1S/C20H17N7/c1-14-12-18-24-19(16-7-2-3-8-17(16)27(18)25-14)22-13-15-6-4-9-21-20(15)26-11-5-10-23-26/h2-12H,13H2,1H3,(H,22,24). The highest BCUT2D eigenvalue weighted by molar-refractivity contribution is 5.91. The summed E-state index contributed by atoms with van der Waals surface area (Å²) >= 11 is 0. The Kier molecular flexibility index (Phi) is 3.57. The maximum atomic E-state index is 4.78. The van der Waals surface area contributed by atoms with Gasteiger partial charge in [-0.15, -0.1) is 0 Å². The number of para-hydroxylation sites is 1. The summed E-state index contributed by atoms with van der Waals surface area (Å²) in [5, 5.41) is 13.3. The molecule has 1 N–H and O–H groups in total.